The van der Waals surface area contributed by atoms with Crippen molar-refractivity contribution >= 4 is 34.4 Å². The van der Waals surface area contributed by atoms with Crippen molar-refractivity contribution in [3.63, 3.8) is 0 Å². The van der Waals surface area contributed by atoms with Crippen molar-refractivity contribution in [3.05, 3.63) is 0 Å². The maximum atomic E-state index is 11.6. The highest BCUT2D eigenvalue weighted by Crippen LogP contribution is 2.24. The van der Waals surface area contributed by atoms with Gasteiger partial charge in [0.25, 0.3) is 0 Å². The van der Waals surface area contributed by atoms with Crippen LogP contribution in [0, 0.1) is 11.3 Å². The van der Waals surface area contributed by atoms with E-state index in [1.807, 2.05) is 20.8 Å². The van der Waals surface area contributed by atoms with Gasteiger partial charge in [-0.3, -0.25) is 9.59 Å². The van der Waals surface area contributed by atoms with Gasteiger partial charge in [-0.15, -0.1) is 11.6 Å². The number of carbonyl (C=O) groups is 2. The van der Waals surface area contributed by atoms with Gasteiger partial charge in [-0.25, -0.2) is 0 Å². The van der Waals surface area contributed by atoms with Crippen LogP contribution in [-0.4, -0.2) is 29.3 Å². The zero-order valence-electron chi connectivity index (χ0n) is 10.2. The van der Waals surface area contributed by atoms with Crippen molar-refractivity contribution in [1.82, 2.24) is 0 Å². The minimum atomic E-state index is -0.371. The van der Waals surface area contributed by atoms with Crippen molar-refractivity contribution in [2.24, 2.45) is 11.3 Å². The fraction of sp³-hybridized carbons (Fsp3) is 0.818. The predicted octanol–water partition coefficient (Wildman–Crippen LogP) is 2.71. The lowest BCUT2D eigenvalue weighted by atomic mass is 10.00. The number of rotatable bonds is 5. The molecule has 0 fully saturated rings. The van der Waals surface area contributed by atoms with E-state index in [2.05, 4.69) is 0 Å². The van der Waals surface area contributed by atoms with Crippen LogP contribution in [0.15, 0.2) is 0 Å². The molecule has 0 aromatic carbocycles. The molecule has 0 N–H and O–H groups in total. The Morgan fingerprint density at radius 1 is 1.38 bits per heavy atom. The van der Waals surface area contributed by atoms with Crippen molar-refractivity contribution < 1.29 is 14.3 Å². The molecule has 94 valence electrons. The fourth-order valence-corrected chi connectivity index (χ4v) is 1.81. The first kappa shape index (κ1) is 15.8. The minimum absolute atomic E-state index is 0.0875. The molecule has 0 saturated carbocycles. The molecule has 0 rings (SSSR count). The summed E-state index contributed by atoms with van der Waals surface area (Å²) in [6.45, 7) is 7.55. The summed E-state index contributed by atoms with van der Waals surface area (Å²) < 4.78 is 4.88. The topological polar surface area (TPSA) is 43.4 Å². The van der Waals surface area contributed by atoms with E-state index in [0.717, 1.165) is 0 Å². The lowest BCUT2D eigenvalue weighted by molar-refractivity contribution is -0.146. The van der Waals surface area contributed by atoms with E-state index in [0.29, 0.717) is 11.6 Å². The van der Waals surface area contributed by atoms with E-state index < -0.39 is 0 Å². The molecule has 0 radical (unpaired) electrons. The first-order valence-corrected chi connectivity index (χ1v) is 6.71. The van der Waals surface area contributed by atoms with Gasteiger partial charge in [0, 0.05) is 11.2 Å². The Kier molecular flexibility index (Phi) is 7.07. The monoisotopic (exact) mass is 266 g/mol. The number of esters is 1. The van der Waals surface area contributed by atoms with Crippen LogP contribution in [0.1, 0.15) is 27.7 Å². The van der Waals surface area contributed by atoms with Crippen molar-refractivity contribution in [2.75, 3.05) is 18.2 Å². The van der Waals surface area contributed by atoms with Gasteiger partial charge in [-0.1, -0.05) is 39.5 Å². The van der Waals surface area contributed by atoms with Crippen molar-refractivity contribution in [2.45, 2.75) is 27.7 Å². The Morgan fingerprint density at radius 3 is 2.38 bits per heavy atom. The molecule has 1 unspecified atom stereocenters. The number of thioether (sulfide) groups is 1. The molecule has 16 heavy (non-hydrogen) atoms. The molecule has 3 nitrogen and oxygen atoms in total. The van der Waals surface area contributed by atoms with E-state index in [-0.39, 0.29) is 29.0 Å². The summed E-state index contributed by atoms with van der Waals surface area (Å²) in [5.74, 6) is 0.179. The lowest BCUT2D eigenvalue weighted by Crippen LogP contribution is -2.22. The molecule has 0 aliphatic heterocycles. The van der Waals surface area contributed by atoms with Crippen LogP contribution in [0.3, 0.4) is 0 Å². The molecule has 0 bridgehead atoms. The molecule has 5 heteroatoms. The number of hydrogen-bond donors (Lipinski definition) is 0. The van der Waals surface area contributed by atoms with Crippen molar-refractivity contribution in [1.29, 1.82) is 0 Å². The third-order valence-corrected chi connectivity index (χ3v) is 3.50. The largest absolute Gasteiger partial charge is 0.464 e. The molecule has 0 aromatic heterocycles. The molecule has 0 aliphatic carbocycles. The standard InChI is InChI=1S/C11H19ClO3S/c1-8(9(13)15-6-5-12)7-16-10(14)11(2,3)4/h8H,5-7H2,1-4H3. The second-order valence-corrected chi connectivity index (χ2v) is 5.98. The van der Waals surface area contributed by atoms with Crippen LogP contribution in [0.25, 0.3) is 0 Å². The maximum Gasteiger partial charge on any atom is 0.309 e. The summed E-state index contributed by atoms with van der Waals surface area (Å²) >= 11 is 6.58. The summed E-state index contributed by atoms with van der Waals surface area (Å²) in [5, 5.41) is 0.0875. The van der Waals surface area contributed by atoms with Gasteiger partial charge < -0.3 is 4.74 Å². The third-order valence-electron chi connectivity index (χ3n) is 1.80. The van der Waals surface area contributed by atoms with Gasteiger partial charge in [-0.2, -0.15) is 0 Å². The van der Waals surface area contributed by atoms with Crippen LogP contribution in [0.4, 0.5) is 0 Å². The Morgan fingerprint density at radius 2 is 1.94 bits per heavy atom. The number of ether oxygens (including phenoxy) is 1. The molecular weight excluding hydrogens is 248 g/mol. The molecule has 0 aromatic rings. The molecule has 0 aliphatic rings. The first-order chi connectivity index (χ1) is 7.29. The van der Waals surface area contributed by atoms with Gasteiger partial charge in [-0.05, 0) is 0 Å². The molecule has 0 amide bonds. The fourth-order valence-electron chi connectivity index (χ4n) is 0.767. The van der Waals surface area contributed by atoms with Gasteiger partial charge in [0.15, 0.2) is 5.12 Å². The summed E-state index contributed by atoms with van der Waals surface area (Å²) in [6.07, 6.45) is 0. The zero-order chi connectivity index (χ0) is 12.8. The van der Waals surface area contributed by atoms with Crippen LogP contribution in [0.2, 0.25) is 0 Å². The van der Waals surface area contributed by atoms with Crippen molar-refractivity contribution in [3.8, 4) is 0 Å². The van der Waals surface area contributed by atoms with Crippen LogP contribution < -0.4 is 0 Å². The highest BCUT2D eigenvalue weighted by atomic mass is 35.5. The zero-order valence-corrected chi connectivity index (χ0v) is 11.8. The van der Waals surface area contributed by atoms with Gasteiger partial charge in [0.05, 0.1) is 11.8 Å². The molecule has 0 spiro atoms. The van der Waals surface area contributed by atoms with E-state index in [4.69, 9.17) is 16.3 Å². The van der Waals surface area contributed by atoms with Gasteiger partial charge >= 0.3 is 5.97 Å². The second kappa shape index (κ2) is 7.17. The molecule has 1 atom stereocenters. The number of hydrogen-bond acceptors (Lipinski definition) is 4. The Bertz CT molecular complexity index is 248. The average Bonchev–Trinajstić information content (AvgIpc) is 2.20. The molecule has 0 heterocycles. The smallest absolute Gasteiger partial charge is 0.309 e. The first-order valence-electron chi connectivity index (χ1n) is 5.19. The second-order valence-electron chi connectivity index (χ2n) is 4.61. The normalized spacial score (nSPS) is 13.3. The SMILES string of the molecule is CC(CSC(=O)C(C)(C)C)C(=O)OCCCl. The summed E-state index contributed by atoms with van der Waals surface area (Å²) in [5.41, 5.74) is -0.371. The lowest BCUT2D eigenvalue weighted by Gasteiger charge is -2.17. The number of carbonyl (C=O) groups excluding carboxylic acids is 2. The van der Waals surface area contributed by atoms with Crippen LogP contribution >= 0.6 is 23.4 Å². The summed E-state index contributed by atoms with van der Waals surface area (Å²) in [6, 6.07) is 0. The highest BCUT2D eigenvalue weighted by molar-refractivity contribution is 8.13. The number of halogens is 1. The maximum absolute atomic E-state index is 11.6. The van der Waals surface area contributed by atoms with E-state index in [1.165, 1.54) is 11.8 Å². The average molecular weight is 267 g/mol. The molecule has 0 saturated heterocycles. The van der Waals surface area contributed by atoms with Gasteiger partial charge in [0.1, 0.15) is 6.61 Å². The van der Waals surface area contributed by atoms with E-state index in [1.54, 1.807) is 6.92 Å². The molecular formula is C11H19ClO3S. The Labute approximate surface area is 106 Å². The van der Waals surface area contributed by atoms with Gasteiger partial charge in [0.2, 0.25) is 0 Å². The Balaban J connectivity index is 3.93. The van der Waals surface area contributed by atoms with E-state index >= 15 is 0 Å². The number of alkyl halides is 1. The van der Waals surface area contributed by atoms with E-state index in [9.17, 15) is 9.59 Å². The van der Waals surface area contributed by atoms with Crippen LogP contribution in [0.5, 0.6) is 0 Å². The van der Waals surface area contributed by atoms with Crippen LogP contribution in [-0.2, 0) is 14.3 Å². The summed E-state index contributed by atoms with van der Waals surface area (Å²) in [7, 11) is 0. The highest BCUT2D eigenvalue weighted by Gasteiger charge is 2.24. The summed E-state index contributed by atoms with van der Waals surface area (Å²) in [4.78, 5) is 23.0. The third kappa shape index (κ3) is 6.38. The predicted molar refractivity (Wildman–Crippen MR) is 67.8 cm³/mol. The quantitative estimate of drug-likeness (QED) is 0.567. The Hall–Kier alpha value is -0.220. The minimum Gasteiger partial charge on any atom is -0.464 e.